The number of nitrogens with two attached hydrogens (primary N) is 3. The van der Waals surface area contributed by atoms with Gasteiger partial charge in [0.2, 0.25) is 17.7 Å². The lowest BCUT2D eigenvalue weighted by molar-refractivity contribution is -0.142. The van der Waals surface area contributed by atoms with Crippen molar-refractivity contribution in [3.63, 3.8) is 0 Å². The number of aliphatic imine (C=N–C) groups is 1. The standard InChI is InChI=1S/C25H38N8O6/c1-13(2)20(33-22(36)18(8-5-9-29-25(27)28)31-21(35)16(26)12-34)23(37)32-19(24(38)39)10-14-11-30-17-7-4-3-6-15(14)17/h3-4,6-7,11,13,16,18-20,30,34H,5,8-10,12,26H2,1-2H3,(H,31,35)(H,32,37)(H,33,36)(H,38,39)(H4,27,28,29). The summed E-state index contributed by atoms with van der Waals surface area (Å²) in [7, 11) is 0. The average molecular weight is 547 g/mol. The van der Waals surface area contributed by atoms with Crippen LogP contribution in [0.4, 0.5) is 0 Å². The summed E-state index contributed by atoms with van der Waals surface area (Å²) in [5, 5.41) is 27.4. The van der Waals surface area contributed by atoms with Gasteiger partial charge in [-0.25, -0.2) is 4.79 Å². The van der Waals surface area contributed by atoms with Gasteiger partial charge in [0.25, 0.3) is 0 Å². The first-order valence-corrected chi connectivity index (χ1v) is 12.5. The highest BCUT2D eigenvalue weighted by atomic mass is 16.4. The number of guanidine groups is 1. The van der Waals surface area contributed by atoms with Gasteiger partial charge in [-0.2, -0.15) is 0 Å². The molecule has 0 spiro atoms. The maximum atomic E-state index is 13.2. The quantitative estimate of drug-likeness (QED) is 0.0698. The number of aliphatic hydroxyl groups is 1. The molecule has 0 saturated heterocycles. The predicted molar refractivity (Wildman–Crippen MR) is 145 cm³/mol. The molecule has 39 heavy (non-hydrogen) atoms. The summed E-state index contributed by atoms with van der Waals surface area (Å²) < 4.78 is 0. The zero-order chi connectivity index (χ0) is 29.1. The number of fused-ring (bicyclic) bond motifs is 1. The predicted octanol–water partition coefficient (Wildman–Crippen LogP) is -1.72. The molecule has 12 N–H and O–H groups in total. The van der Waals surface area contributed by atoms with Crippen molar-refractivity contribution in [3.8, 4) is 0 Å². The van der Waals surface area contributed by atoms with Crippen molar-refractivity contribution in [2.75, 3.05) is 13.2 Å². The second kappa shape index (κ2) is 14.7. The third-order valence-corrected chi connectivity index (χ3v) is 6.07. The van der Waals surface area contributed by atoms with Gasteiger partial charge in [-0.3, -0.25) is 19.4 Å². The second-order valence-corrected chi connectivity index (χ2v) is 9.49. The normalized spacial score (nSPS) is 14.2. The molecule has 4 atom stereocenters. The summed E-state index contributed by atoms with van der Waals surface area (Å²) in [4.78, 5) is 57.5. The number of carboxylic acids is 1. The Morgan fingerprint density at radius 1 is 1.00 bits per heavy atom. The van der Waals surface area contributed by atoms with Crippen molar-refractivity contribution >= 4 is 40.6 Å². The number of aliphatic carboxylic acids is 1. The lowest BCUT2D eigenvalue weighted by Crippen LogP contribution is -2.58. The molecule has 2 rings (SSSR count). The van der Waals surface area contributed by atoms with Gasteiger partial charge in [-0.1, -0.05) is 32.0 Å². The van der Waals surface area contributed by atoms with E-state index in [-0.39, 0.29) is 25.3 Å². The lowest BCUT2D eigenvalue weighted by Gasteiger charge is -2.27. The van der Waals surface area contributed by atoms with E-state index in [2.05, 4.69) is 25.9 Å². The highest BCUT2D eigenvalue weighted by Gasteiger charge is 2.32. The number of nitrogens with one attached hydrogen (secondary N) is 4. The van der Waals surface area contributed by atoms with Crippen LogP contribution in [0.15, 0.2) is 35.5 Å². The SMILES string of the molecule is CC(C)C(NC(=O)C(CCCN=C(N)N)NC(=O)C(N)CO)C(=O)NC(Cc1c[nH]c2ccccc12)C(=O)O. The molecule has 14 heteroatoms. The Morgan fingerprint density at radius 3 is 2.28 bits per heavy atom. The fraction of sp³-hybridized carbons (Fsp3) is 0.480. The van der Waals surface area contributed by atoms with Crippen LogP contribution in [0.3, 0.4) is 0 Å². The molecule has 0 fully saturated rings. The fourth-order valence-electron chi connectivity index (χ4n) is 3.90. The van der Waals surface area contributed by atoms with Crippen LogP contribution in [-0.2, 0) is 25.6 Å². The molecule has 0 aliphatic rings. The van der Waals surface area contributed by atoms with Crippen LogP contribution >= 0.6 is 0 Å². The highest BCUT2D eigenvalue weighted by molar-refractivity contribution is 5.94. The van der Waals surface area contributed by atoms with E-state index in [0.717, 1.165) is 10.9 Å². The number of carbonyl (C=O) groups is 4. The van der Waals surface area contributed by atoms with Crippen LogP contribution < -0.4 is 33.2 Å². The number of hydrogen-bond acceptors (Lipinski definition) is 7. The molecule has 14 nitrogen and oxygen atoms in total. The number of hydrogen-bond donors (Lipinski definition) is 9. The zero-order valence-electron chi connectivity index (χ0n) is 22.0. The minimum atomic E-state index is -1.26. The van der Waals surface area contributed by atoms with E-state index in [0.29, 0.717) is 12.0 Å². The van der Waals surface area contributed by atoms with E-state index in [1.165, 1.54) is 0 Å². The number of carbonyl (C=O) groups excluding carboxylic acids is 3. The molecule has 1 aromatic carbocycles. The minimum Gasteiger partial charge on any atom is -0.480 e. The Bertz CT molecular complexity index is 1180. The summed E-state index contributed by atoms with van der Waals surface area (Å²) in [5.74, 6) is -3.91. The first-order chi connectivity index (χ1) is 18.4. The fourth-order valence-corrected chi connectivity index (χ4v) is 3.90. The zero-order valence-corrected chi connectivity index (χ0v) is 22.0. The molecule has 2 aromatic rings. The van der Waals surface area contributed by atoms with Crippen molar-refractivity contribution in [3.05, 3.63) is 36.0 Å². The number of aliphatic hydroxyl groups excluding tert-OH is 1. The molecule has 3 amide bonds. The number of para-hydroxylation sites is 1. The van der Waals surface area contributed by atoms with Gasteiger partial charge in [-0.15, -0.1) is 0 Å². The van der Waals surface area contributed by atoms with E-state index in [1.807, 2.05) is 24.3 Å². The summed E-state index contributed by atoms with van der Waals surface area (Å²) >= 11 is 0. The number of amides is 3. The van der Waals surface area contributed by atoms with E-state index >= 15 is 0 Å². The Labute approximate surface area is 225 Å². The monoisotopic (exact) mass is 546 g/mol. The van der Waals surface area contributed by atoms with E-state index in [9.17, 15) is 24.3 Å². The molecule has 0 aliphatic carbocycles. The number of aromatic amines is 1. The van der Waals surface area contributed by atoms with E-state index in [4.69, 9.17) is 22.3 Å². The molecule has 214 valence electrons. The molecule has 0 radical (unpaired) electrons. The Morgan fingerprint density at radius 2 is 1.67 bits per heavy atom. The molecule has 1 heterocycles. The number of nitrogens with zero attached hydrogens (tertiary/aromatic N) is 1. The Kier molecular flexibility index (Phi) is 11.7. The van der Waals surface area contributed by atoms with Gasteiger partial charge in [0.05, 0.1) is 6.61 Å². The lowest BCUT2D eigenvalue weighted by atomic mass is 10.00. The molecular formula is C25H38N8O6. The van der Waals surface area contributed by atoms with E-state index < -0.39 is 60.4 Å². The van der Waals surface area contributed by atoms with Crippen LogP contribution in [-0.4, -0.2) is 82.2 Å². The molecule has 1 aromatic heterocycles. The van der Waals surface area contributed by atoms with Crippen molar-refractivity contribution in [2.24, 2.45) is 28.1 Å². The van der Waals surface area contributed by atoms with Gasteiger partial charge in [0.1, 0.15) is 24.2 Å². The number of H-pyrrole nitrogens is 1. The molecule has 0 aliphatic heterocycles. The topological polar surface area (TPSA) is 251 Å². The van der Waals surface area contributed by atoms with Gasteiger partial charge >= 0.3 is 5.97 Å². The summed E-state index contributed by atoms with van der Waals surface area (Å²) in [6.07, 6.45) is 2.14. The molecule has 0 saturated carbocycles. The first kappa shape index (κ1) is 31.1. The van der Waals surface area contributed by atoms with Crippen molar-refractivity contribution in [1.82, 2.24) is 20.9 Å². The van der Waals surface area contributed by atoms with Crippen molar-refractivity contribution < 1.29 is 29.4 Å². The first-order valence-electron chi connectivity index (χ1n) is 12.5. The van der Waals surface area contributed by atoms with Crippen molar-refractivity contribution in [1.29, 1.82) is 0 Å². The van der Waals surface area contributed by atoms with Gasteiger partial charge < -0.3 is 48.3 Å². The average Bonchev–Trinajstić information content (AvgIpc) is 3.30. The van der Waals surface area contributed by atoms with Gasteiger partial charge in [0, 0.05) is 30.1 Å². The molecule has 0 bridgehead atoms. The van der Waals surface area contributed by atoms with Crippen molar-refractivity contribution in [2.45, 2.75) is 57.3 Å². The Balaban J connectivity index is 2.15. The van der Waals surface area contributed by atoms with Crippen LogP contribution in [0.1, 0.15) is 32.3 Å². The minimum absolute atomic E-state index is 0.0202. The summed E-state index contributed by atoms with van der Waals surface area (Å²) in [6, 6.07) is 2.67. The van der Waals surface area contributed by atoms with Crippen LogP contribution in [0.25, 0.3) is 10.9 Å². The molecule has 4 unspecified atom stereocenters. The van der Waals surface area contributed by atoms with Crippen LogP contribution in [0.5, 0.6) is 0 Å². The van der Waals surface area contributed by atoms with E-state index in [1.54, 1.807) is 20.0 Å². The number of carboxylic acid groups (broad SMARTS) is 1. The Hall–Kier alpha value is -4.17. The third-order valence-electron chi connectivity index (χ3n) is 6.07. The molecular weight excluding hydrogens is 508 g/mol. The maximum absolute atomic E-state index is 13.2. The van der Waals surface area contributed by atoms with Gasteiger partial charge in [-0.05, 0) is 30.4 Å². The second-order valence-electron chi connectivity index (χ2n) is 9.49. The van der Waals surface area contributed by atoms with Gasteiger partial charge in [0.15, 0.2) is 5.96 Å². The van der Waals surface area contributed by atoms with Crippen LogP contribution in [0.2, 0.25) is 0 Å². The van der Waals surface area contributed by atoms with Crippen LogP contribution in [0, 0.1) is 5.92 Å². The smallest absolute Gasteiger partial charge is 0.326 e. The third kappa shape index (κ3) is 9.26. The maximum Gasteiger partial charge on any atom is 0.326 e. The largest absolute Gasteiger partial charge is 0.480 e. The number of benzene rings is 1. The number of rotatable bonds is 15. The highest BCUT2D eigenvalue weighted by Crippen LogP contribution is 2.19. The summed E-state index contributed by atoms with van der Waals surface area (Å²) in [6.45, 7) is 2.94. The number of aromatic nitrogens is 1. The summed E-state index contributed by atoms with van der Waals surface area (Å²) in [5.41, 5.74) is 17.7.